The van der Waals surface area contributed by atoms with Crippen molar-refractivity contribution in [1.82, 2.24) is 19.8 Å². The second-order valence-corrected chi connectivity index (χ2v) is 8.89. The highest BCUT2D eigenvalue weighted by Crippen LogP contribution is 2.46. The SMILES string of the molecule is CN(C)C(=O)COC12CCCC(Cn3c1nc(C(=O)NCc1ccc(F)cc1)c(O)c3=O)C2. The number of benzene rings is 1. The molecule has 2 heterocycles. The Morgan fingerprint density at radius 2 is 2.06 bits per heavy atom. The first-order chi connectivity index (χ1) is 15.7. The minimum absolute atomic E-state index is 0.0692. The maximum absolute atomic E-state index is 13.1. The molecule has 9 nitrogen and oxygen atoms in total. The van der Waals surface area contributed by atoms with E-state index in [4.69, 9.17) is 4.74 Å². The van der Waals surface area contributed by atoms with Crippen molar-refractivity contribution in [2.45, 2.75) is 44.4 Å². The molecule has 0 saturated heterocycles. The lowest BCUT2D eigenvalue weighted by Crippen LogP contribution is -2.49. The van der Waals surface area contributed by atoms with Crippen LogP contribution in [0.25, 0.3) is 0 Å². The summed E-state index contributed by atoms with van der Waals surface area (Å²) < 4.78 is 20.6. The predicted octanol–water partition coefficient (Wildman–Crippen LogP) is 1.52. The molecule has 2 aliphatic rings. The Bertz CT molecular complexity index is 1130. The van der Waals surface area contributed by atoms with E-state index in [1.54, 1.807) is 14.1 Å². The lowest BCUT2D eigenvalue weighted by atomic mass is 9.74. The molecule has 2 unspecified atom stereocenters. The zero-order valence-electron chi connectivity index (χ0n) is 18.6. The van der Waals surface area contributed by atoms with Crippen LogP contribution in [0.4, 0.5) is 4.39 Å². The van der Waals surface area contributed by atoms with E-state index in [0.717, 1.165) is 12.8 Å². The first-order valence-electron chi connectivity index (χ1n) is 10.9. The number of aromatic nitrogens is 2. The summed E-state index contributed by atoms with van der Waals surface area (Å²) in [5, 5.41) is 13.1. The highest BCUT2D eigenvalue weighted by atomic mass is 19.1. The summed E-state index contributed by atoms with van der Waals surface area (Å²) in [6, 6.07) is 5.60. The number of amides is 2. The number of nitrogens with zero attached hydrogens (tertiary/aromatic N) is 3. The Morgan fingerprint density at radius 1 is 1.33 bits per heavy atom. The Kier molecular flexibility index (Phi) is 6.20. The van der Waals surface area contributed by atoms with Crippen molar-refractivity contribution >= 4 is 11.8 Å². The fourth-order valence-corrected chi connectivity index (χ4v) is 4.58. The second-order valence-electron chi connectivity index (χ2n) is 8.89. The molecule has 176 valence electrons. The Morgan fingerprint density at radius 3 is 2.76 bits per heavy atom. The molecule has 2 bridgehead atoms. The minimum Gasteiger partial charge on any atom is -0.501 e. The fourth-order valence-electron chi connectivity index (χ4n) is 4.58. The van der Waals surface area contributed by atoms with Gasteiger partial charge in [0.2, 0.25) is 11.7 Å². The topological polar surface area (TPSA) is 114 Å². The van der Waals surface area contributed by atoms with Gasteiger partial charge in [0.25, 0.3) is 11.5 Å². The molecule has 0 spiro atoms. The molecule has 1 aromatic carbocycles. The van der Waals surface area contributed by atoms with Crippen LogP contribution in [-0.2, 0) is 28.2 Å². The van der Waals surface area contributed by atoms with Crippen molar-refractivity contribution in [3.8, 4) is 5.75 Å². The molecule has 1 saturated carbocycles. The molecule has 33 heavy (non-hydrogen) atoms. The van der Waals surface area contributed by atoms with E-state index in [-0.39, 0.29) is 36.5 Å². The number of ether oxygens (including phenoxy) is 1. The summed E-state index contributed by atoms with van der Waals surface area (Å²) in [6.07, 6.45) is 2.88. The summed E-state index contributed by atoms with van der Waals surface area (Å²) in [5.41, 5.74) is -1.42. The highest BCUT2D eigenvalue weighted by Gasteiger charge is 2.47. The molecule has 1 aromatic heterocycles. The summed E-state index contributed by atoms with van der Waals surface area (Å²) >= 11 is 0. The van der Waals surface area contributed by atoms with Crippen LogP contribution in [0, 0.1) is 11.7 Å². The molecule has 1 fully saturated rings. The quantitative estimate of drug-likeness (QED) is 0.679. The van der Waals surface area contributed by atoms with Gasteiger partial charge in [0, 0.05) is 27.2 Å². The number of rotatable bonds is 6. The van der Waals surface area contributed by atoms with Gasteiger partial charge in [0.15, 0.2) is 5.69 Å². The van der Waals surface area contributed by atoms with Crippen LogP contribution < -0.4 is 10.9 Å². The van der Waals surface area contributed by atoms with E-state index >= 15 is 0 Å². The van der Waals surface area contributed by atoms with Gasteiger partial charge in [-0.2, -0.15) is 0 Å². The van der Waals surface area contributed by atoms with Gasteiger partial charge in [-0.25, -0.2) is 9.37 Å². The summed E-state index contributed by atoms with van der Waals surface area (Å²) in [6.45, 7) is 0.265. The van der Waals surface area contributed by atoms with Crippen molar-refractivity contribution in [3.05, 3.63) is 57.5 Å². The summed E-state index contributed by atoms with van der Waals surface area (Å²) in [4.78, 5) is 43.8. The zero-order valence-corrected chi connectivity index (χ0v) is 18.6. The number of carbonyl (C=O) groups excluding carboxylic acids is 2. The normalized spacial score (nSPS) is 21.2. The molecule has 1 aliphatic carbocycles. The Hall–Kier alpha value is -3.27. The van der Waals surface area contributed by atoms with E-state index in [1.807, 2.05) is 0 Å². The van der Waals surface area contributed by atoms with Crippen LogP contribution in [0.3, 0.4) is 0 Å². The molecule has 1 aliphatic heterocycles. The number of aromatic hydroxyl groups is 1. The molecule has 2 N–H and O–H groups in total. The molecule has 4 rings (SSSR count). The van der Waals surface area contributed by atoms with Crippen LogP contribution in [0.5, 0.6) is 5.75 Å². The number of likely N-dealkylation sites (N-methyl/N-ethyl adjacent to an activating group) is 1. The van der Waals surface area contributed by atoms with Gasteiger partial charge >= 0.3 is 0 Å². The molecule has 0 radical (unpaired) electrons. The predicted molar refractivity (Wildman–Crippen MR) is 116 cm³/mol. The van der Waals surface area contributed by atoms with E-state index in [0.29, 0.717) is 24.9 Å². The average Bonchev–Trinajstić information content (AvgIpc) is 2.79. The van der Waals surface area contributed by atoms with Crippen molar-refractivity contribution in [2.24, 2.45) is 5.92 Å². The number of hydrogen-bond acceptors (Lipinski definition) is 6. The first-order valence-corrected chi connectivity index (χ1v) is 10.9. The molecule has 10 heteroatoms. The van der Waals surface area contributed by atoms with Gasteiger partial charge in [-0.15, -0.1) is 0 Å². The monoisotopic (exact) mass is 458 g/mol. The van der Waals surface area contributed by atoms with Crippen LogP contribution >= 0.6 is 0 Å². The van der Waals surface area contributed by atoms with Gasteiger partial charge in [-0.05, 0) is 49.3 Å². The number of fused-ring (bicyclic) bond motifs is 4. The highest BCUT2D eigenvalue weighted by molar-refractivity contribution is 5.94. The smallest absolute Gasteiger partial charge is 0.296 e. The summed E-state index contributed by atoms with van der Waals surface area (Å²) in [5.74, 6) is -1.65. The van der Waals surface area contributed by atoms with E-state index in [1.165, 1.54) is 33.7 Å². The number of carbonyl (C=O) groups is 2. The van der Waals surface area contributed by atoms with E-state index < -0.39 is 28.6 Å². The maximum atomic E-state index is 13.1. The number of nitrogens with one attached hydrogen (secondary N) is 1. The van der Waals surface area contributed by atoms with Gasteiger partial charge in [-0.3, -0.25) is 19.0 Å². The standard InChI is InChI=1S/C23H27FN4O5/c1-27(2)17(29)13-33-23-9-3-4-15(10-23)12-28-21(32)19(30)18(26-22(23)28)20(31)25-11-14-5-7-16(24)8-6-14/h5-8,15,30H,3-4,9-13H2,1-2H3,(H,25,31). The molecule has 2 aromatic rings. The fraction of sp³-hybridized carbons (Fsp3) is 0.478. The maximum Gasteiger partial charge on any atom is 0.296 e. The van der Waals surface area contributed by atoms with Crippen molar-refractivity contribution in [2.75, 3.05) is 20.7 Å². The van der Waals surface area contributed by atoms with Gasteiger partial charge < -0.3 is 20.1 Å². The molecule has 2 amide bonds. The minimum atomic E-state index is -0.980. The third kappa shape index (κ3) is 4.47. The number of hydrogen-bond donors (Lipinski definition) is 2. The van der Waals surface area contributed by atoms with Gasteiger partial charge in [-0.1, -0.05) is 12.1 Å². The third-order valence-electron chi connectivity index (χ3n) is 6.36. The van der Waals surface area contributed by atoms with Crippen molar-refractivity contribution in [1.29, 1.82) is 0 Å². The molecular formula is C23H27FN4O5. The van der Waals surface area contributed by atoms with E-state index in [9.17, 15) is 23.9 Å². The van der Waals surface area contributed by atoms with Crippen LogP contribution in [0.2, 0.25) is 0 Å². The first kappa shape index (κ1) is 22.9. The Labute approximate surface area is 190 Å². The Balaban J connectivity index is 1.66. The van der Waals surface area contributed by atoms with Crippen molar-refractivity contribution in [3.63, 3.8) is 0 Å². The van der Waals surface area contributed by atoms with Crippen LogP contribution in [0.15, 0.2) is 29.1 Å². The molecular weight excluding hydrogens is 431 g/mol. The number of halogens is 1. The van der Waals surface area contributed by atoms with Gasteiger partial charge in [0.1, 0.15) is 23.8 Å². The average molecular weight is 458 g/mol. The third-order valence-corrected chi connectivity index (χ3v) is 6.36. The van der Waals surface area contributed by atoms with Crippen LogP contribution in [0.1, 0.15) is 47.6 Å². The summed E-state index contributed by atoms with van der Waals surface area (Å²) in [7, 11) is 3.26. The van der Waals surface area contributed by atoms with E-state index in [2.05, 4.69) is 10.3 Å². The lowest BCUT2D eigenvalue weighted by molar-refractivity contribution is -0.152. The zero-order chi connectivity index (χ0) is 23.8. The van der Waals surface area contributed by atoms with Gasteiger partial charge in [0.05, 0.1) is 0 Å². The van der Waals surface area contributed by atoms with Crippen molar-refractivity contribution < 1.29 is 23.8 Å². The molecule has 2 atom stereocenters. The largest absolute Gasteiger partial charge is 0.501 e. The van der Waals surface area contributed by atoms with Crippen LogP contribution in [-0.4, -0.2) is 52.1 Å². The second kappa shape index (κ2) is 8.93. The lowest BCUT2D eigenvalue weighted by Gasteiger charge is -2.45.